The molecule has 5 rings (SSSR count). The number of H-pyrrole nitrogens is 1. The van der Waals surface area contributed by atoms with Gasteiger partial charge < -0.3 is 24.1 Å². The second-order valence-electron chi connectivity index (χ2n) is 8.52. The normalized spacial score (nSPS) is 16.5. The molecule has 7 heteroatoms. The minimum atomic E-state index is 0.614. The van der Waals surface area contributed by atoms with Gasteiger partial charge in [-0.15, -0.1) is 0 Å². The zero-order chi connectivity index (χ0) is 22.8. The Morgan fingerprint density at radius 3 is 2.61 bits per heavy atom. The molecule has 174 valence electrons. The SMILES string of the molecule is CCOc1cc2c(cc1OC)CCN=C2CN1CCN(c2c[nH]c3ccc(OC)cc23)CC1. The third-order valence-electron chi connectivity index (χ3n) is 6.64. The predicted octanol–water partition coefficient (Wildman–Crippen LogP) is 3.75. The quantitative estimate of drug-likeness (QED) is 0.597. The van der Waals surface area contributed by atoms with E-state index in [9.17, 15) is 0 Å². The lowest BCUT2D eigenvalue weighted by atomic mass is 9.96. The van der Waals surface area contributed by atoms with E-state index in [1.165, 1.54) is 22.2 Å². The van der Waals surface area contributed by atoms with Gasteiger partial charge in [-0.2, -0.15) is 0 Å². The van der Waals surface area contributed by atoms with Crippen molar-refractivity contribution in [3.63, 3.8) is 0 Å². The second kappa shape index (κ2) is 9.35. The molecule has 7 nitrogen and oxygen atoms in total. The van der Waals surface area contributed by atoms with Crippen LogP contribution >= 0.6 is 0 Å². The molecule has 1 N–H and O–H groups in total. The highest BCUT2D eigenvalue weighted by Crippen LogP contribution is 2.34. The lowest BCUT2D eigenvalue weighted by Gasteiger charge is -2.36. The van der Waals surface area contributed by atoms with E-state index in [0.29, 0.717) is 6.61 Å². The first kappa shape index (κ1) is 21.6. The molecule has 1 aromatic heterocycles. The molecule has 0 bridgehead atoms. The molecule has 0 saturated carbocycles. The van der Waals surface area contributed by atoms with Crippen LogP contribution in [0.25, 0.3) is 10.9 Å². The molecule has 1 fully saturated rings. The number of ether oxygens (including phenoxy) is 3. The highest BCUT2D eigenvalue weighted by molar-refractivity contribution is 6.04. The molecule has 0 aliphatic carbocycles. The number of piperazine rings is 1. The van der Waals surface area contributed by atoms with Crippen molar-refractivity contribution < 1.29 is 14.2 Å². The third kappa shape index (κ3) is 4.25. The number of aromatic nitrogens is 1. The van der Waals surface area contributed by atoms with Crippen LogP contribution < -0.4 is 19.1 Å². The van der Waals surface area contributed by atoms with Gasteiger partial charge in [-0.25, -0.2) is 0 Å². The predicted molar refractivity (Wildman–Crippen MR) is 133 cm³/mol. The number of hydrogen-bond donors (Lipinski definition) is 1. The van der Waals surface area contributed by atoms with Crippen molar-refractivity contribution in [2.75, 3.05) is 65.0 Å². The van der Waals surface area contributed by atoms with E-state index in [4.69, 9.17) is 19.2 Å². The Labute approximate surface area is 195 Å². The summed E-state index contributed by atoms with van der Waals surface area (Å²) in [5, 5.41) is 1.21. The number of fused-ring (bicyclic) bond motifs is 2. The monoisotopic (exact) mass is 448 g/mol. The van der Waals surface area contributed by atoms with Crippen LogP contribution in [0.3, 0.4) is 0 Å². The maximum atomic E-state index is 5.83. The number of rotatable bonds is 7. The molecule has 3 heterocycles. The van der Waals surface area contributed by atoms with Crippen molar-refractivity contribution in [1.82, 2.24) is 9.88 Å². The van der Waals surface area contributed by atoms with E-state index in [1.807, 2.05) is 13.0 Å². The van der Waals surface area contributed by atoms with Gasteiger partial charge in [0.25, 0.3) is 0 Å². The number of benzene rings is 2. The minimum Gasteiger partial charge on any atom is -0.497 e. The number of anilines is 1. The highest BCUT2D eigenvalue weighted by Gasteiger charge is 2.24. The standard InChI is InChI=1S/C26H32N4O3/c1-4-33-26-15-20-18(13-25(26)32-3)7-8-27-23(20)17-29-9-11-30(12-10-29)24-16-28-22-6-5-19(31-2)14-21(22)24/h5-6,13-16,28H,4,7-12,17H2,1-3H3. The van der Waals surface area contributed by atoms with Gasteiger partial charge in [0.05, 0.1) is 32.2 Å². The molecular weight excluding hydrogens is 416 g/mol. The second-order valence-corrected chi connectivity index (χ2v) is 8.52. The molecule has 3 aromatic rings. The average Bonchev–Trinajstić information content (AvgIpc) is 3.28. The van der Waals surface area contributed by atoms with Crippen LogP contribution in [0.2, 0.25) is 0 Å². The van der Waals surface area contributed by atoms with Crippen molar-refractivity contribution in [2.24, 2.45) is 4.99 Å². The van der Waals surface area contributed by atoms with Crippen molar-refractivity contribution in [3.05, 3.63) is 47.7 Å². The fraction of sp³-hybridized carbons (Fsp3) is 0.423. The number of aromatic amines is 1. The summed E-state index contributed by atoms with van der Waals surface area (Å²) in [6.07, 6.45) is 3.06. The van der Waals surface area contributed by atoms with E-state index in [-0.39, 0.29) is 0 Å². The van der Waals surface area contributed by atoms with Gasteiger partial charge in [0.2, 0.25) is 0 Å². The summed E-state index contributed by atoms with van der Waals surface area (Å²) in [6.45, 7) is 8.27. The molecule has 33 heavy (non-hydrogen) atoms. The maximum absolute atomic E-state index is 5.83. The van der Waals surface area contributed by atoms with E-state index in [2.05, 4.69) is 45.2 Å². The lowest BCUT2D eigenvalue weighted by molar-refractivity contribution is 0.291. The average molecular weight is 449 g/mol. The zero-order valence-corrected chi connectivity index (χ0v) is 19.7. The zero-order valence-electron chi connectivity index (χ0n) is 19.7. The number of nitrogens with zero attached hydrogens (tertiary/aromatic N) is 3. The Morgan fingerprint density at radius 1 is 1.00 bits per heavy atom. The summed E-state index contributed by atoms with van der Waals surface area (Å²) >= 11 is 0. The molecule has 2 aliphatic rings. The van der Waals surface area contributed by atoms with Gasteiger partial charge in [0.1, 0.15) is 5.75 Å². The van der Waals surface area contributed by atoms with E-state index < -0.39 is 0 Å². The van der Waals surface area contributed by atoms with Gasteiger partial charge in [-0.05, 0) is 49.2 Å². The summed E-state index contributed by atoms with van der Waals surface area (Å²) in [5.74, 6) is 2.49. The Bertz CT molecular complexity index is 1160. The number of aliphatic imine (C=N–C) groups is 1. The molecule has 0 atom stereocenters. The Morgan fingerprint density at radius 2 is 1.85 bits per heavy atom. The topological polar surface area (TPSA) is 62.3 Å². The molecule has 0 amide bonds. The minimum absolute atomic E-state index is 0.614. The summed E-state index contributed by atoms with van der Waals surface area (Å²) in [6, 6.07) is 10.4. The molecule has 0 spiro atoms. The van der Waals surface area contributed by atoms with Crippen LogP contribution in [0.1, 0.15) is 18.1 Å². The summed E-state index contributed by atoms with van der Waals surface area (Å²) in [4.78, 5) is 13.3. The first-order chi connectivity index (χ1) is 16.2. The van der Waals surface area contributed by atoms with Gasteiger partial charge >= 0.3 is 0 Å². The maximum Gasteiger partial charge on any atom is 0.161 e. The number of nitrogens with one attached hydrogen (secondary N) is 1. The molecule has 1 saturated heterocycles. The first-order valence-corrected chi connectivity index (χ1v) is 11.7. The molecule has 2 aliphatic heterocycles. The van der Waals surface area contributed by atoms with Crippen LogP contribution in [0, 0.1) is 0 Å². The summed E-state index contributed by atoms with van der Waals surface area (Å²) in [7, 11) is 3.41. The molecular formula is C26H32N4O3. The van der Waals surface area contributed by atoms with Crippen molar-refractivity contribution >= 4 is 22.3 Å². The largest absolute Gasteiger partial charge is 0.497 e. The fourth-order valence-electron chi connectivity index (χ4n) is 4.87. The Hall–Kier alpha value is -3.19. The van der Waals surface area contributed by atoms with Crippen molar-refractivity contribution in [2.45, 2.75) is 13.3 Å². The van der Waals surface area contributed by atoms with E-state index >= 15 is 0 Å². The highest BCUT2D eigenvalue weighted by atomic mass is 16.5. The first-order valence-electron chi connectivity index (χ1n) is 11.7. The van der Waals surface area contributed by atoms with Gasteiger partial charge in [0.15, 0.2) is 11.5 Å². The van der Waals surface area contributed by atoms with Crippen LogP contribution in [-0.4, -0.2) is 75.7 Å². The molecule has 0 unspecified atom stereocenters. The number of hydrogen-bond acceptors (Lipinski definition) is 6. The van der Waals surface area contributed by atoms with E-state index in [1.54, 1.807) is 14.2 Å². The smallest absolute Gasteiger partial charge is 0.161 e. The van der Waals surface area contributed by atoms with Crippen molar-refractivity contribution in [1.29, 1.82) is 0 Å². The van der Waals surface area contributed by atoms with Gasteiger partial charge in [0, 0.05) is 61.9 Å². The summed E-state index contributed by atoms with van der Waals surface area (Å²) < 4.78 is 16.8. The Balaban J connectivity index is 1.29. The van der Waals surface area contributed by atoms with Crippen LogP contribution in [0.15, 0.2) is 41.5 Å². The molecule has 0 radical (unpaired) electrons. The van der Waals surface area contributed by atoms with Crippen LogP contribution in [-0.2, 0) is 6.42 Å². The van der Waals surface area contributed by atoms with Crippen molar-refractivity contribution in [3.8, 4) is 17.2 Å². The fourth-order valence-corrected chi connectivity index (χ4v) is 4.87. The van der Waals surface area contributed by atoms with Gasteiger partial charge in [-0.1, -0.05) is 0 Å². The van der Waals surface area contributed by atoms with Gasteiger partial charge in [-0.3, -0.25) is 9.89 Å². The van der Waals surface area contributed by atoms with Crippen LogP contribution in [0.4, 0.5) is 5.69 Å². The third-order valence-corrected chi connectivity index (χ3v) is 6.64. The summed E-state index contributed by atoms with van der Waals surface area (Å²) in [5.41, 5.74) is 6.05. The van der Waals surface area contributed by atoms with Crippen LogP contribution in [0.5, 0.6) is 17.2 Å². The number of methoxy groups -OCH3 is 2. The Kier molecular flexibility index (Phi) is 6.13. The lowest BCUT2D eigenvalue weighted by Crippen LogP contribution is -2.48. The van der Waals surface area contributed by atoms with E-state index in [0.717, 1.165) is 74.2 Å². The molecule has 2 aromatic carbocycles.